The standard InChI is InChI=1S/C12H22N2O/c1-5-11(14-10(4)15)8-7-9(3)12(13)6-2/h5,11-12H,1,3,6-8,13H2,2,4H3,(H,14,15). The first kappa shape index (κ1) is 13.9. The average molecular weight is 210 g/mol. The van der Waals surface area contributed by atoms with Gasteiger partial charge in [-0.25, -0.2) is 0 Å². The Labute approximate surface area is 92.4 Å². The summed E-state index contributed by atoms with van der Waals surface area (Å²) in [6.45, 7) is 11.2. The van der Waals surface area contributed by atoms with E-state index in [1.807, 2.05) is 6.92 Å². The SMILES string of the molecule is C=CC(CCC(=C)C(N)CC)NC(C)=O. The molecular weight excluding hydrogens is 188 g/mol. The monoisotopic (exact) mass is 210 g/mol. The lowest BCUT2D eigenvalue weighted by molar-refractivity contribution is -0.119. The van der Waals surface area contributed by atoms with E-state index in [1.165, 1.54) is 6.92 Å². The highest BCUT2D eigenvalue weighted by Crippen LogP contribution is 2.11. The van der Waals surface area contributed by atoms with Crippen molar-refractivity contribution in [3.8, 4) is 0 Å². The summed E-state index contributed by atoms with van der Waals surface area (Å²) in [6, 6.07) is 0.0797. The van der Waals surface area contributed by atoms with E-state index < -0.39 is 0 Å². The van der Waals surface area contributed by atoms with E-state index in [4.69, 9.17) is 5.73 Å². The van der Waals surface area contributed by atoms with Crippen molar-refractivity contribution in [1.82, 2.24) is 5.32 Å². The summed E-state index contributed by atoms with van der Waals surface area (Å²) < 4.78 is 0. The van der Waals surface area contributed by atoms with Crippen LogP contribution in [0.25, 0.3) is 0 Å². The predicted molar refractivity (Wildman–Crippen MR) is 64.4 cm³/mol. The van der Waals surface area contributed by atoms with Crippen LogP contribution in [0, 0.1) is 0 Å². The number of amides is 1. The molecule has 1 amide bonds. The molecule has 2 atom stereocenters. The van der Waals surface area contributed by atoms with E-state index >= 15 is 0 Å². The summed E-state index contributed by atoms with van der Waals surface area (Å²) >= 11 is 0. The van der Waals surface area contributed by atoms with Crippen molar-refractivity contribution in [2.45, 2.75) is 45.2 Å². The highest BCUT2D eigenvalue weighted by atomic mass is 16.1. The zero-order chi connectivity index (χ0) is 11.8. The van der Waals surface area contributed by atoms with Gasteiger partial charge in [0, 0.05) is 19.0 Å². The summed E-state index contributed by atoms with van der Waals surface area (Å²) in [6.07, 6.45) is 4.28. The molecule has 0 aromatic carbocycles. The Kier molecular flexibility index (Phi) is 6.71. The van der Waals surface area contributed by atoms with Crippen molar-refractivity contribution in [3.63, 3.8) is 0 Å². The van der Waals surface area contributed by atoms with Crippen molar-refractivity contribution in [3.05, 3.63) is 24.8 Å². The first-order valence-corrected chi connectivity index (χ1v) is 5.34. The molecule has 0 saturated carbocycles. The minimum Gasteiger partial charge on any atom is -0.350 e. The lowest BCUT2D eigenvalue weighted by atomic mass is 9.99. The molecule has 3 heteroatoms. The van der Waals surface area contributed by atoms with Crippen LogP contribution in [0.5, 0.6) is 0 Å². The first-order valence-electron chi connectivity index (χ1n) is 5.34. The molecule has 0 aliphatic rings. The average Bonchev–Trinajstić information content (AvgIpc) is 2.21. The molecule has 0 radical (unpaired) electrons. The Morgan fingerprint density at radius 2 is 2.20 bits per heavy atom. The van der Waals surface area contributed by atoms with E-state index in [0.717, 1.165) is 24.8 Å². The molecule has 0 saturated heterocycles. The minimum atomic E-state index is -0.0368. The van der Waals surface area contributed by atoms with Crippen molar-refractivity contribution < 1.29 is 4.79 Å². The molecule has 3 nitrogen and oxygen atoms in total. The van der Waals surface area contributed by atoms with Crippen LogP contribution in [0.3, 0.4) is 0 Å². The Balaban J connectivity index is 3.95. The second-order valence-electron chi connectivity index (χ2n) is 3.75. The predicted octanol–water partition coefficient (Wildman–Crippen LogP) is 1.75. The van der Waals surface area contributed by atoms with Gasteiger partial charge in [-0.05, 0) is 19.3 Å². The van der Waals surface area contributed by atoms with Gasteiger partial charge >= 0.3 is 0 Å². The molecule has 0 bridgehead atoms. The fourth-order valence-electron chi connectivity index (χ4n) is 1.32. The zero-order valence-corrected chi connectivity index (χ0v) is 9.75. The maximum Gasteiger partial charge on any atom is 0.217 e. The van der Waals surface area contributed by atoms with Crippen LogP contribution in [0.2, 0.25) is 0 Å². The summed E-state index contributed by atoms with van der Waals surface area (Å²) in [7, 11) is 0. The lowest BCUT2D eigenvalue weighted by Crippen LogP contribution is -2.32. The molecular formula is C12H22N2O. The van der Waals surface area contributed by atoms with Gasteiger partial charge in [0.15, 0.2) is 0 Å². The molecule has 0 aliphatic carbocycles. The quantitative estimate of drug-likeness (QED) is 0.629. The van der Waals surface area contributed by atoms with Crippen LogP contribution in [0.4, 0.5) is 0 Å². The van der Waals surface area contributed by atoms with Gasteiger partial charge in [0.1, 0.15) is 0 Å². The van der Waals surface area contributed by atoms with Crippen LogP contribution < -0.4 is 11.1 Å². The third kappa shape index (κ3) is 6.07. The largest absolute Gasteiger partial charge is 0.350 e. The molecule has 86 valence electrons. The fraction of sp³-hybridized carbons (Fsp3) is 0.583. The molecule has 0 spiro atoms. The van der Waals surface area contributed by atoms with Gasteiger partial charge in [0.25, 0.3) is 0 Å². The number of nitrogens with one attached hydrogen (secondary N) is 1. The molecule has 0 rings (SSSR count). The summed E-state index contributed by atoms with van der Waals surface area (Å²) in [4.78, 5) is 10.8. The van der Waals surface area contributed by atoms with Crippen LogP contribution in [0.1, 0.15) is 33.1 Å². The molecule has 0 aliphatic heterocycles. The van der Waals surface area contributed by atoms with Crippen molar-refractivity contribution in [1.29, 1.82) is 0 Å². The third-order valence-electron chi connectivity index (χ3n) is 2.41. The second-order valence-corrected chi connectivity index (χ2v) is 3.75. The van der Waals surface area contributed by atoms with Crippen molar-refractivity contribution in [2.24, 2.45) is 5.73 Å². The number of hydrogen-bond donors (Lipinski definition) is 2. The van der Waals surface area contributed by atoms with Gasteiger partial charge in [-0.3, -0.25) is 4.79 Å². The Bertz CT molecular complexity index is 236. The number of carbonyl (C=O) groups is 1. The fourth-order valence-corrected chi connectivity index (χ4v) is 1.32. The summed E-state index contributed by atoms with van der Waals surface area (Å²) in [5, 5.41) is 2.80. The second kappa shape index (κ2) is 7.23. The Morgan fingerprint density at radius 3 is 2.60 bits per heavy atom. The van der Waals surface area contributed by atoms with E-state index in [9.17, 15) is 4.79 Å². The number of hydrogen-bond acceptors (Lipinski definition) is 2. The molecule has 15 heavy (non-hydrogen) atoms. The van der Waals surface area contributed by atoms with Crippen molar-refractivity contribution in [2.75, 3.05) is 0 Å². The summed E-state index contributed by atoms with van der Waals surface area (Å²) in [5.74, 6) is -0.0368. The van der Waals surface area contributed by atoms with E-state index in [-0.39, 0.29) is 18.0 Å². The van der Waals surface area contributed by atoms with Gasteiger partial charge < -0.3 is 11.1 Å². The van der Waals surface area contributed by atoms with E-state index in [1.54, 1.807) is 6.08 Å². The highest BCUT2D eigenvalue weighted by Gasteiger charge is 2.09. The Morgan fingerprint density at radius 1 is 1.60 bits per heavy atom. The third-order valence-corrected chi connectivity index (χ3v) is 2.41. The van der Waals surface area contributed by atoms with E-state index in [2.05, 4.69) is 18.5 Å². The lowest BCUT2D eigenvalue weighted by Gasteiger charge is -2.17. The van der Waals surface area contributed by atoms with Crippen LogP contribution in [-0.4, -0.2) is 18.0 Å². The maximum atomic E-state index is 10.8. The topological polar surface area (TPSA) is 55.1 Å². The number of rotatable bonds is 7. The van der Waals surface area contributed by atoms with Gasteiger partial charge in [-0.15, -0.1) is 6.58 Å². The van der Waals surface area contributed by atoms with Crippen LogP contribution >= 0.6 is 0 Å². The van der Waals surface area contributed by atoms with Crippen LogP contribution in [0.15, 0.2) is 24.8 Å². The van der Waals surface area contributed by atoms with Crippen molar-refractivity contribution >= 4 is 5.91 Å². The van der Waals surface area contributed by atoms with Crippen LogP contribution in [-0.2, 0) is 4.79 Å². The van der Waals surface area contributed by atoms with Gasteiger partial charge in [-0.1, -0.05) is 25.2 Å². The Hall–Kier alpha value is -1.09. The zero-order valence-electron chi connectivity index (χ0n) is 9.75. The maximum absolute atomic E-state index is 10.8. The van der Waals surface area contributed by atoms with Gasteiger partial charge in [0.2, 0.25) is 5.91 Å². The summed E-state index contributed by atoms with van der Waals surface area (Å²) in [5.41, 5.74) is 6.87. The molecule has 2 unspecified atom stereocenters. The number of nitrogens with two attached hydrogens (primary N) is 1. The van der Waals surface area contributed by atoms with E-state index in [0.29, 0.717) is 0 Å². The first-order chi connectivity index (χ1) is 7.01. The molecule has 0 aromatic heterocycles. The normalized spacial score (nSPS) is 14.1. The molecule has 0 fully saturated rings. The van der Waals surface area contributed by atoms with Gasteiger partial charge in [-0.2, -0.15) is 0 Å². The van der Waals surface area contributed by atoms with Gasteiger partial charge in [0.05, 0.1) is 0 Å². The molecule has 0 heterocycles. The number of carbonyl (C=O) groups excluding carboxylic acids is 1. The molecule has 3 N–H and O–H groups in total. The minimum absolute atomic E-state index is 0.0170. The molecule has 0 aromatic rings. The smallest absolute Gasteiger partial charge is 0.217 e. The highest BCUT2D eigenvalue weighted by molar-refractivity contribution is 5.73.